The number of hydrogen-bond acceptors (Lipinski definition) is 3. The minimum absolute atomic E-state index is 0.140. The first-order valence-corrected chi connectivity index (χ1v) is 8.54. The number of carbonyl (C=O) groups is 1. The second-order valence-corrected chi connectivity index (χ2v) is 6.94. The molecule has 5 heteroatoms. The number of nitrogens with one attached hydrogen (secondary N) is 2. The highest BCUT2D eigenvalue weighted by molar-refractivity contribution is 5.85. The van der Waals surface area contributed by atoms with Crippen LogP contribution in [0.3, 0.4) is 0 Å². The van der Waals surface area contributed by atoms with Crippen LogP contribution in [-0.4, -0.2) is 15.9 Å². The Hall–Kier alpha value is -2.82. The number of H-pyrrole nitrogens is 1. The number of amides is 1. The molecule has 0 unspecified atom stereocenters. The molecule has 4 rings (SSSR count). The summed E-state index contributed by atoms with van der Waals surface area (Å²) in [4.78, 5) is 19.5. The highest BCUT2D eigenvalue weighted by Crippen LogP contribution is 2.45. The van der Waals surface area contributed by atoms with Crippen molar-refractivity contribution >= 4 is 16.8 Å². The molecule has 0 spiro atoms. The highest BCUT2D eigenvalue weighted by Gasteiger charge is 2.44. The number of ether oxygens (including phenoxy) is 1. The van der Waals surface area contributed by atoms with Crippen LogP contribution in [0.1, 0.15) is 31.0 Å². The van der Waals surface area contributed by atoms with Gasteiger partial charge in [-0.15, -0.1) is 0 Å². The van der Waals surface area contributed by atoms with Crippen LogP contribution in [0.25, 0.3) is 10.9 Å². The molecule has 2 heterocycles. The van der Waals surface area contributed by atoms with E-state index in [0.29, 0.717) is 13.2 Å². The molecule has 0 bridgehead atoms. The highest BCUT2D eigenvalue weighted by atomic mass is 16.5. The summed E-state index contributed by atoms with van der Waals surface area (Å²) in [6.45, 7) is 3.02. The third-order valence-corrected chi connectivity index (χ3v) is 4.77. The van der Waals surface area contributed by atoms with Crippen LogP contribution >= 0.6 is 0 Å². The lowest BCUT2D eigenvalue weighted by Crippen LogP contribution is -2.29. The van der Waals surface area contributed by atoms with Crippen LogP contribution in [0.2, 0.25) is 0 Å². The number of hydrogen-bond donors (Lipinski definition) is 2. The van der Waals surface area contributed by atoms with Crippen LogP contribution < -0.4 is 10.1 Å². The van der Waals surface area contributed by atoms with Gasteiger partial charge in [-0.05, 0) is 42.5 Å². The number of pyridine rings is 1. The van der Waals surface area contributed by atoms with Gasteiger partial charge in [-0.2, -0.15) is 0 Å². The summed E-state index contributed by atoms with van der Waals surface area (Å²) >= 11 is 0. The standard InChI is InChI=1S/C20H21N3O2/c1-20(6-7-20)19(24)22-12-16-9-15-4-5-17(10-18(15)23-16)25-13-14-3-2-8-21-11-14/h2-5,8-11,23H,6-7,12-13H2,1H3,(H,22,24). The van der Waals surface area contributed by atoms with Crippen LogP contribution in [0, 0.1) is 5.41 Å². The number of carbonyl (C=O) groups excluding carboxylic acids is 1. The number of aromatic amines is 1. The number of aromatic nitrogens is 2. The van der Waals surface area contributed by atoms with Crippen molar-refractivity contribution in [3.05, 3.63) is 60.0 Å². The summed E-state index contributed by atoms with van der Waals surface area (Å²) < 4.78 is 5.83. The molecule has 0 radical (unpaired) electrons. The molecular formula is C20H21N3O2. The van der Waals surface area contributed by atoms with Gasteiger partial charge in [0.05, 0.1) is 6.54 Å². The Morgan fingerprint density at radius 1 is 1.32 bits per heavy atom. The molecule has 2 aromatic heterocycles. The van der Waals surface area contributed by atoms with E-state index in [1.807, 2.05) is 37.3 Å². The lowest BCUT2D eigenvalue weighted by Gasteiger charge is -2.08. The van der Waals surface area contributed by atoms with E-state index in [9.17, 15) is 4.79 Å². The van der Waals surface area contributed by atoms with Crippen molar-refractivity contribution in [1.29, 1.82) is 0 Å². The molecule has 2 N–H and O–H groups in total. The maximum absolute atomic E-state index is 12.0. The van der Waals surface area contributed by atoms with Crippen molar-refractivity contribution in [1.82, 2.24) is 15.3 Å². The molecule has 1 aromatic carbocycles. The molecule has 128 valence electrons. The van der Waals surface area contributed by atoms with E-state index in [0.717, 1.165) is 40.8 Å². The normalized spacial score (nSPS) is 15.1. The maximum Gasteiger partial charge on any atom is 0.226 e. The zero-order valence-corrected chi connectivity index (χ0v) is 14.2. The molecule has 0 saturated heterocycles. The fourth-order valence-electron chi connectivity index (χ4n) is 2.80. The van der Waals surface area contributed by atoms with E-state index >= 15 is 0 Å². The Labute approximate surface area is 146 Å². The second-order valence-electron chi connectivity index (χ2n) is 6.94. The Morgan fingerprint density at radius 2 is 2.20 bits per heavy atom. The Balaban J connectivity index is 1.41. The lowest BCUT2D eigenvalue weighted by molar-refractivity contribution is -0.125. The fraction of sp³-hybridized carbons (Fsp3) is 0.300. The predicted molar refractivity (Wildman–Crippen MR) is 96.1 cm³/mol. The van der Waals surface area contributed by atoms with Gasteiger partial charge < -0.3 is 15.0 Å². The average molecular weight is 335 g/mol. The summed E-state index contributed by atoms with van der Waals surface area (Å²) in [5.74, 6) is 0.950. The SMILES string of the molecule is CC1(C(=O)NCc2cc3ccc(OCc4cccnc4)cc3[nH]2)CC1. The second kappa shape index (κ2) is 6.24. The van der Waals surface area contributed by atoms with E-state index in [1.54, 1.807) is 12.4 Å². The molecule has 1 saturated carbocycles. The van der Waals surface area contributed by atoms with Crippen molar-refractivity contribution in [2.24, 2.45) is 5.41 Å². The summed E-state index contributed by atoms with van der Waals surface area (Å²) in [6.07, 6.45) is 5.53. The lowest BCUT2D eigenvalue weighted by atomic mass is 10.1. The van der Waals surface area contributed by atoms with Gasteiger partial charge in [-0.3, -0.25) is 9.78 Å². The zero-order valence-electron chi connectivity index (χ0n) is 14.2. The number of fused-ring (bicyclic) bond motifs is 1. The van der Waals surface area contributed by atoms with Crippen molar-refractivity contribution < 1.29 is 9.53 Å². The Morgan fingerprint density at radius 3 is 2.96 bits per heavy atom. The van der Waals surface area contributed by atoms with Gasteiger partial charge in [0.2, 0.25) is 5.91 Å². The molecule has 1 fully saturated rings. The van der Waals surface area contributed by atoms with Gasteiger partial charge in [0.15, 0.2) is 0 Å². The van der Waals surface area contributed by atoms with E-state index < -0.39 is 0 Å². The Kier molecular flexibility index (Phi) is 3.92. The average Bonchev–Trinajstić information content (AvgIpc) is 3.26. The summed E-state index contributed by atoms with van der Waals surface area (Å²) in [5.41, 5.74) is 2.90. The summed E-state index contributed by atoms with van der Waals surface area (Å²) in [7, 11) is 0. The van der Waals surface area contributed by atoms with Crippen molar-refractivity contribution in [2.75, 3.05) is 0 Å². The molecule has 1 aliphatic carbocycles. The molecule has 5 nitrogen and oxygen atoms in total. The Bertz CT molecular complexity index is 898. The maximum atomic E-state index is 12.0. The minimum atomic E-state index is -0.140. The predicted octanol–water partition coefficient (Wildman–Crippen LogP) is 3.56. The van der Waals surface area contributed by atoms with Crippen LogP contribution in [0.4, 0.5) is 0 Å². The minimum Gasteiger partial charge on any atom is -0.489 e. The van der Waals surface area contributed by atoms with Crippen LogP contribution in [0.15, 0.2) is 48.8 Å². The topological polar surface area (TPSA) is 67.0 Å². The van der Waals surface area contributed by atoms with E-state index in [1.165, 1.54) is 0 Å². The van der Waals surface area contributed by atoms with Crippen molar-refractivity contribution in [3.8, 4) is 5.75 Å². The van der Waals surface area contributed by atoms with Gasteiger partial charge >= 0.3 is 0 Å². The number of rotatable bonds is 6. The van der Waals surface area contributed by atoms with E-state index in [4.69, 9.17) is 4.74 Å². The van der Waals surface area contributed by atoms with Gasteiger partial charge in [-0.1, -0.05) is 13.0 Å². The summed E-state index contributed by atoms with van der Waals surface area (Å²) in [5, 5.41) is 4.12. The summed E-state index contributed by atoms with van der Waals surface area (Å²) in [6, 6.07) is 11.9. The number of benzene rings is 1. The molecule has 3 aromatic rings. The van der Waals surface area contributed by atoms with Gasteiger partial charge in [0.25, 0.3) is 0 Å². The third kappa shape index (κ3) is 3.50. The molecule has 0 atom stereocenters. The van der Waals surface area contributed by atoms with Crippen LogP contribution in [0.5, 0.6) is 5.75 Å². The first-order valence-electron chi connectivity index (χ1n) is 8.54. The van der Waals surface area contributed by atoms with Crippen LogP contribution in [-0.2, 0) is 17.9 Å². The quantitative estimate of drug-likeness (QED) is 0.724. The smallest absolute Gasteiger partial charge is 0.226 e. The van der Waals surface area contributed by atoms with Gasteiger partial charge in [0.1, 0.15) is 12.4 Å². The molecular weight excluding hydrogens is 314 g/mol. The first-order chi connectivity index (χ1) is 12.1. The molecule has 25 heavy (non-hydrogen) atoms. The largest absolute Gasteiger partial charge is 0.489 e. The number of nitrogens with zero attached hydrogens (tertiary/aromatic N) is 1. The first kappa shape index (κ1) is 15.7. The monoisotopic (exact) mass is 335 g/mol. The molecule has 1 amide bonds. The van der Waals surface area contributed by atoms with Gasteiger partial charge in [-0.25, -0.2) is 0 Å². The van der Waals surface area contributed by atoms with E-state index in [2.05, 4.69) is 21.4 Å². The molecule has 1 aliphatic rings. The van der Waals surface area contributed by atoms with Crippen molar-refractivity contribution in [3.63, 3.8) is 0 Å². The van der Waals surface area contributed by atoms with Crippen molar-refractivity contribution in [2.45, 2.75) is 32.9 Å². The van der Waals surface area contributed by atoms with Gasteiger partial charge in [0, 0.05) is 40.6 Å². The van der Waals surface area contributed by atoms with E-state index in [-0.39, 0.29) is 11.3 Å². The third-order valence-electron chi connectivity index (χ3n) is 4.77. The molecule has 0 aliphatic heterocycles. The zero-order chi connectivity index (χ0) is 17.3. The fourth-order valence-corrected chi connectivity index (χ4v) is 2.80.